The lowest BCUT2D eigenvalue weighted by atomic mass is 9.90. The molecule has 0 aliphatic carbocycles. The molecule has 0 spiro atoms. The van der Waals surface area contributed by atoms with Crippen molar-refractivity contribution in [2.75, 3.05) is 63.7 Å². The maximum absolute atomic E-state index is 12.2. The number of piperidine rings is 1. The SMILES string of the molecule is CC.CNC(=O)Nc1ccc(-c2nc(C(=N)C3CCN(C)CC3)c(O)c(N3CCOCC3)n2)cc1.O=CCc1ccc(F)cc1. The number of likely N-dealkylation sites (tertiary alicyclic amines) is 1. The molecule has 2 fully saturated rings. The fourth-order valence-electron chi connectivity index (χ4n) is 4.86. The Labute approximate surface area is 264 Å². The van der Waals surface area contributed by atoms with Gasteiger partial charge in [-0.25, -0.2) is 19.2 Å². The Morgan fingerprint density at radius 2 is 1.67 bits per heavy atom. The summed E-state index contributed by atoms with van der Waals surface area (Å²) in [6.07, 6.45) is 2.88. The molecule has 11 nitrogen and oxygen atoms in total. The van der Waals surface area contributed by atoms with Crippen molar-refractivity contribution in [1.29, 1.82) is 5.41 Å². The number of morpholine rings is 1. The Kier molecular flexibility index (Phi) is 13.8. The topological polar surface area (TPSA) is 144 Å². The van der Waals surface area contributed by atoms with Crippen LogP contribution < -0.4 is 15.5 Å². The molecule has 242 valence electrons. The van der Waals surface area contributed by atoms with E-state index >= 15 is 0 Å². The summed E-state index contributed by atoms with van der Waals surface area (Å²) in [4.78, 5) is 35.1. The molecule has 2 amide bonds. The Balaban J connectivity index is 0.000000389. The number of aromatic hydroxyl groups is 1. The van der Waals surface area contributed by atoms with Gasteiger partial charge in [0.1, 0.15) is 17.8 Å². The van der Waals surface area contributed by atoms with Crippen molar-refractivity contribution in [3.8, 4) is 17.1 Å². The minimum absolute atomic E-state index is 0.0394. The first kappa shape index (κ1) is 35.1. The summed E-state index contributed by atoms with van der Waals surface area (Å²) in [7, 11) is 3.64. The van der Waals surface area contributed by atoms with Crippen molar-refractivity contribution < 1.29 is 23.8 Å². The van der Waals surface area contributed by atoms with Crippen molar-refractivity contribution in [3.05, 3.63) is 65.6 Å². The molecule has 0 unspecified atom stereocenters. The largest absolute Gasteiger partial charge is 0.503 e. The second kappa shape index (κ2) is 17.8. The molecule has 2 aliphatic rings. The smallest absolute Gasteiger partial charge is 0.318 e. The van der Waals surface area contributed by atoms with Crippen LogP contribution in [0.3, 0.4) is 0 Å². The van der Waals surface area contributed by atoms with Gasteiger partial charge in [-0.2, -0.15) is 0 Å². The molecule has 2 saturated heterocycles. The summed E-state index contributed by atoms with van der Waals surface area (Å²) in [6, 6.07) is 12.8. The third kappa shape index (κ3) is 10.0. The molecule has 12 heteroatoms. The van der Waals surface area contributed by atoms with Crippen LogP contribution in [0.5, 0.6) is 5.75 Å². The van der Waals surface area contributed by atoms with Gasteiger partial charge in [0, 0.05) is 43.7 Å². The van der Waals surface area contributed by atoms with E-state index in [0.717, 1.165) is 43.3 Å². The van der Waals surface area contributed by atoms with Gasteiger partial charge in [-0.15, -0.1) is 0 Å². The number of ether oxygens (including phenoxy) is 1. The molecule has 0 atom stereocenters. The summed E-state index contributed by atoms with van der Waals surface area (Å²) in [6.45, 7) is 8.17. The van der Waals surface area contributed by atoms with Crippen LogP contribution in [-0.2, 0) is 16.0 Å². The zero-order valence-electron chi connectivity index (χ0n) is 26.5. The maximum Gasteiger partial charge on any atom is 0.318 e. The number of amides is 2. The Morgan fingerprint density at radius 3 is 2.24 bits per heavy atom. The van der Waals surface area contributed by atoms with Crippen LogP contribution >= 0.6 is 0 Å². The van der Waals surface area contributed by atoms with Gasteiger partial charge >= 0.3 is 6.03 Å². The van der Waals surface area contributed by atoms with Crippen molar-refractivity contribution in [2.45, 2.75) is 33.1 Å². The van der Waals surface area contributed by atoms with E-state index in [0.29, 0.717) is 61.5 Å². The first-order chi connectivity index (χ1) is 21.8. The predicted molar refractivity (Wildman–Crippen MR) is 175 cm³/mol. The van der Waals surface area contributed by atoms with Gasteiger partial charge in [-0.1, -0.05) is 26.0 Å². The summed E-state index contributed by atoms with van der Waals surface area (Å²) >= 11 is 0. The molecule has 1 aromatic heterocycles. The lowest BCUT2D eigenvalue weighted by Crippen LogP contribution is -2.37. The average molecular weight is 622 g/mol. The Bertz CT molecular complexity index is 1390. The predicted octanol–water partition coefficient (Wildman–Crippen LogP) is 4.74. The van der Waals surface area contributed by atoms with E-state index in [1.54, 1.807) is 31.3 Å². The molecule has 4 N–H and O–H groups in total. The minimum atomic E-state index is -0.299. The number of carbonyl (C=O) groups is 2. The van der Waals surface area contributed by atoms with Crippen molar-refractivity contribution >= 4 is 29.5 Å². The van der Waals surface area contributed by atoms with Gasteiger partial charge in [0.15, 0.2) is 17.4 Å². The third-order valence-corrected chi connectivity index (χ3v) is 7.42. The number of benzene rings is 2. The number of halogens is 1. The van der Waals surface area contributed by atoms with E-state index in [9.17, 15) is 19.1 Å². The fraction of sp³-hybridized carbons (Fsp3) is 0.424. The zero-order valence-corrected chi connectivity index (χ0v) is 26.5. The number of nitrogens with zero attached hydrogens (tertiary/aromatic N) is 4. The lowest BCUT2D eigenvalue weighted by molar-refractivity contribution is -0.107. The minimum Gasteiger partial charge on any atom is -0.503 e. The number of urea groups is 1. The van der Waals surface area contributed by atoms with Gasteiger partial charge < -0.3 is 40.5 Å². The van der Waals surface area contributed by atoms with Crippen LogP contribution in [0.4, 0.5) is 20.7 Å². The first-order valence-electron chi connectivity index (χ1n) is 15.3. The number of aldehydes is 1. The van der Waals surface area contributed by atoms with E-state index in [2.05, 4.69) is 32.5 Å². The summed E-state index contributed by atoms with van der Waals surface area (Å²) in [5.41, 5.74) is 2.88. The second-order valence-corrected chi connectivity index (χ2v) is 10.4. The molecule has 0 radical (unpaired) electrons. The molecule has 2 aromatic carbocycles. The number of anilines is 2. The van der Waals surface area contributed by atoms with Crippen LogP contribution in [0, 0.1) is 17.1 Å². The van der Waals surface area contributed by atoms with Crippen molar-refractivity contribution in [1.82, 2.24) is 20.2 Å². The molecule has 0 bridgehead atoms. The lowest BCUT2D eigenvalue weighted by Gasteiger charge is -2.31. The fourth-order valence-corrected chi connectivity index (χ4v) is 4.86. The highest BCUT2D eigenvalue weighted by molar-refractivity contribution is 6.02. The molecule has 45 heavy (non-hydrogen) atoms. The van der Waals surface area contributed by atoms with Gasteiger partial charge in [0.05, 0.1) is 18.9 Å². The first-order valence-corrected chi connectivity index (χ1v) is 15.3. The quantitative estimate of drug-likeness (QED) is 0.219. The number of aromatic nitrogens is 2. The van der Waals surface area contributed by atoms with Crippen LogP contribution in [0.1, 0.15) is 37.9 Å². The van der Waals surface area contributed by atoms with Gasteiger partial charge in [0.2, 0.25) is 0 Å². The summed E-state index contributed by atoms with van der Waals surface area (Å²) < 4.78 is 17.7. The average Bonchev–Trinajstić information content (AvgIpc) is 3.08. The molecule has 5 rings (SSSR count). The number of carbonyl (C=O) groups excluding carboxylic acids is 2. The molecule has 2 aliphatic heterocycles. The van der Waals surface area contributed by atoms with Gasteiger partial charge in [-0.3, -0.25) is 0 Å². The van der Waals surface area contributed by atoms with E-state index in [1.165, 1.54) is 12.1 Å². The summed E-state index contributed by atoms with van der Waals surface area (Å²) in [5.74, 6) is 0.612. The van der Waals surface area contributed by atoms with E-state index in [1.807, 2.05) is 30.9 Å². The van der Waals surface area contributed by atoms with E-state index in [-0.39, 0.29) is 23.5 Å². The monoisotopic (exact) mass is 621 g/mol. The van der Waals surface area contributed by atoms with Crippen LogP contribution in [-0.4, -0.2) is 91.5 Å². The van der Waals surface area contributed by atoms with Crippen LogP contribution in [0.15, 0.2) is 48.5 Å². The number of hydrogen-bond acceptors (Lipinski definition) is 9. The molecule has 3 heterocycles. The third-order valence-electron chi connectivity index (χ3n) is 7.42. The molecular formula is C33H44FN7O4. The standard InChI is InChI=1S/C23H31N7O3.C8H7FO.C2H6/c1-25-23(32)26-17-5-3-16(4-6-17)21-27-19(18(24)15-7-9-29(2)10-8-15)20(31)22(28-21)30-11-13-33-14-12-30;9-8-3-1-7(2-4-8)5-6-10;1-2/h3-6,15,24,31H,7-14H2,1-2H3,(H2,25,26,32);1-4,6H,5H2;1-2H3. The number of rotatable bonds is 7. The van der Waals surface area contributed by atoms with Gasteiger partial charge in [-0.05, 0) is 74.9 Å². The Morgan fingerprint density at radius 1 is 1.04 bits per heavy atom. The normalized spacial score (nSPS) is 15.1. The molecule has 0 saturated carbocycles. The van der Waals surface area contributed by atoms with Crippen LogP contribution in [0.2, 0.25) is 0 Å². The van der Waals surface area contributed by atoms with E-state index in [4.69, 9.17) is 10.1 Å². The van der Waals surface area contributed by atoms with Gasteiger partial charge in [0.25, 0.3) is 0 Å². The van der Waals surface area contributed by atoms with Crippen LogP contribution in [0.25, 0.3) is 11.4 Å². The number of hydrogen-bond donors (Lipinski definition) is 4. The maximum atomic E-state index is 12.2. The Hall–Kier alpha value is -4.42. The van der Waals surface area contributed by atoms with E-state index < -0.39 is 0 Å². The highest BCUT2D eigenvalue weighted by Crippen LogP contribution is 2.34. The summed E-state index contributed by atoms with van der Waals surface area (Å²) in [5, 5.41) is 25.2. The van der Waals surface area contributed by atoms with Crippen molar-refractivity contribution in [3.63, 3.8) is 0 Å². The molecular weight excluding hydrogens is 577 g/mol. The molecule has 3 aromatic rings. The number of nitrogens with one attached hydrogen (secondary N) is 3. The van der Waals surface area contributed by atoms with Crippen molar-refractivity contribution in [2.24, 2.45) is 5.92 Å². The second-order valence-electron chi connectivity index (χ2n) is 10.4. The highest BCUT2D eigenvalue weighted by atomic mass is 19.1. The zero-order chi connectivity index (χ0) is 32.8. The highest BCUT2D eigenvalue weighted by Gasteiger charge is 2.28.